The first-order valence-electron chi connectivity index (χ1n) is 7.41. The lowest BCUT2D eigenvalue weighted by Crippen LogP contribution is -2.16. The minimum atomic E-state index is -0.942. The number of hydrogen-bond acceptors (Lipinski definition) is 3. The molecule has 0 aliphatic heterocycles. The Kier molecular flexibility index (Phi) is 4.00. The molecule has 0 radical (unpaired) electrons. The molecule has 25 heavy (non-hydrogen) atoms. The van der Waals surface area contributed by atoms with Crippen molar-refractivity contribution in [1.82, 2.24) is 4.57 Å². The second-order valence-electron chi connectivity index (χ2n) is 5.65. The van der Waals surface area contributed by atoms with Crippen molar-refractivity contribution in [2.75, 3.05) is 0 Å². The number of carbonyl (C=O) groups is 2. The molecule has 1 heterocycles. The van der Waals surface area contributed by atoms with Crippen LogP contribution >= 0.6 is 0 Å². The number of primary amides is 1. The number of aromatic nitrogens is 1. The Balaban J connectivity index is 2.32. The summed E-state index contributed by atoms with van der Waals surface area (Å²) >= 11 is 0. The van der Waals surface area contributed by atoms with Crippen molar-refractivity contribution < 1.29 is 23.5 Å². The number of fused-ring (bicyclic) bond motifs is 1. The molecule has 3 rings (SSSR count). The third kappa shape index (κ3) is 2.73. The zero-order valence-corrected chi connectivity index (χ0v) is 13.2. The van der Waals surface area contributed by atoms with E-state index in [4.69, 9.17) is 5.73 Å². The maximum Gasteiger partial charge on any atom is 0.262 e. The smallest absolute Gasteiger partial charge is 0.262 e. The van der Waals surface area contributed by atoms with E-state index in [0.29, 0.717) is 5.69 Å². The molecule has 0 atom stereocenters. The molecule has 0 aliphatic carbocycles. The van der Waals surface area contributed by atoms with Gasteiger partial charge in [0, 0.05) is 16.6 Å². The van der Waals surface area contributed by atoms with Gasteiger partial charge < -0.3 is 10.8 Å². The van der Waals surface area contributed by atoms with Crippen molar-refractivity contribution in [1.29, 1.82) is 0 Å². The van der Waals surface area contributed by atoms with Crippen LogP contribution in [0.1, 0.15) is 21.6 Å². The summed E-state index contributed by atoms with van der Waals surface area (Å²) in [6.45, 7) is 1.53. The van der Waals surface area contributed by atoms with Crippen LogP contribution in [0.25, 0.3) is 10.9 Å². The lowest BCUT2D eigenvalue weighted by atomic mass is 10.1. The predicted molar refractivity (Wildman–Crippen MR) is 87.3 cm³/mol. The summed E-state index contributed by atoms with van der Waals surface area (Å²) in [5.74, 6) is -3.41. The molecule has 0 fully saturated rings. The van der Waals surface area contributed by atoms with Gasteiger partial charge in [0.05, 0.1) is 11.9 Å². The van der Waals surface area contributed by atoms with E-state index < -0.39 is 29.2 Å². The lowest BCUT2D eigenvalue weighted by Gasteiger charge is -2.08. The third-order valence-electron chi connectivity index (χ3n) is 4.04. The number of hydrogen-bond donors (Lipinski definition) is 2. The van der Waals surface area contributed by atoms with Gasteiger partial charge in [0.25, 0.3) is 5.91 Å². The van der Waals surface area contributed by atoms with Gasteiger partial charge in [0.1, 0.15) is 5.82 Å². The maximum absolute atomic E-state index is 14.4. The normalized spacial score (nSPS) is 11.0. The molecule has 5 nitrogen and oxygen atoms in total. The first kappa shape index (κ1) is 16.6. The van der Waals surface area contributed by atoms with Crippen LogP contribution in [0.3, 0.4) is 0 Å². The lowest BCUT2D eigenvalue weighted by molar-refractivity contribution is -0.117. The van der Waals surface area contributed by atoms with Crippen LogP contribution in [0.5, 0.6) is 5.75 Å². The van der Waals surface area contributed by atoms with Crippen molar-refractivity contribution in [3.05, 3.63) is 64.9 Å². The predicted octanol–water partition coefficient (Wildman–Crippen LogP) is 2.65. The van der Waals surface area contributed by atoms with E-state index >= 15 is 0 Å². The summed E-state index contributed by atoms with van der Waals surface area (Å²) in [6.07, 6.45) is -0.299. The van der Waals surface area contributed by atoms with Crippen LogP contribution in [0.2, 0.25) is 0 Å². The Bertz CT molecular complexity index is 1020. The number of amides is 1. The number of nitrogens with zero attached hydrogens (tertiary/aromatic N) is 1. The van der Waals surface area contributed by atoms with Gasteiger partial charge >= 0.3 is 0 Å². The van der Waals surface area contributed by atoms with Crippen molar-refractivity contribution >= 4 is 22.7 Å². The van der Waals surface area contributed by atoms with Gasteiger partial charge in [-0.3, -0.25) is 14.2 Å². The highest BCUT2D eigenvalue weighted by Gasteiger charge is 2.24. The SMILES string of the molecule is Cc1c(CC(N)=O)c2c(F)c(O)ccc2n1C(=O)c1cccc(F)c1. The fraction of sp³-hybridized carbons (Fsp3) is 0.111. The highest BCUT2D eigenvalue weighted by molar-refractivity contribution is 6.05. The molecule has 1 amide bonds. The van der Waals surface area contributed by atoms with Crippen LogP contribution in [0.4, 0.5) is 8.78 Å². The Morgan fingerprint density at radius 1 is 1.20 bits per heavy atom. The number of phenolic OH excluding ortho intramolecular Hbond substituents is 1. The standard InChI is InChI=1S/C18H14F2N2O3/c1-9-12(8-15(21)24)16-13(5-6-14(23)17(16)20)22(9)18(25)10-3-2-4-11(19)7-10/h2-7,23H,8H2,1H3,(H2,21,24). The van der Waals surface area contributed by atoms with Crippen molar-refractivity contribution in [2.24, 2.45) is 5.73 Å². The van der Waals surface area contributed by atoms with Gasteiger partial charge in [-0.05, 0) is 42.8 Å². The molecule has 0 spiro atoms. The number of aromatic hydroxyl groups is 1. The molecule has 7 heteroatoms. The fourth-order valence-electron chi connectivity index (χ4n) is 2.93. The van der Waals surface area contributed by atoms with E-state index in [1.54, 1.807) is 0 Å². The maximum atomic E-state index is 14.4. The molecule has 0 unspecified atom stereocenters. The first-order valence-corrected chi connectivity index (χ1v) is 7.41. The molecule has 128 valence electrons. The van der Waals surface area contributed by atoms with Crippen LogP contribution in [-0.2, 0) is 11.2 Å². The van der Waals surface area contributed by atoms with Crippen molar-refractivity contribution in [2.45, 2.75) is 13.3 Å². The van der Waals surface area contributed by atoms with E-state index in [9.17, 15) is 23.5 Å². The summed E-state index contributed by atoms with van der Waals surface area (Å²) in [7, 11) is 0. The van der Waals surface area contributed by atoms with Crippen molar-refractivity contribution in [3.63, 3.8) is 0 Å². The van der Waals surface area contributed by atoms with Gasteiger partial charge in [-0.2, -0.15) is 0 Å². The van der Waals surface area contributed by atoms with Crippen molar-refractivity contribution in [3.8, 4) is 5.75 Å². The van der Waals surface area contributed by atoms with Crippen LogP contribution in [0.15, 0.2) is 36.4 Å². The quantitative estimate of drug-likeness (QED) is 0.766. The van der Waals surface area contributed by atoms with E-state index in [1.807, 2.05) is 0 Å². The molecule has 0 bridgehead atoms. The Labute approximate surface area is 141 Å². The Morgan fingerprint density at radius 3 is 2.56 bits per heavy atom. The summed E-state index contributed by atoms with van der Waals surface area (Å²) in [5.41, 5.74) is 5.96. The highest BCUT2D eigenvalue weighted by Crippen LogP contribution is 2.33. The molecule has 1 aromatic heterocycles. The third-order valence-corrected chi connectivity index (χ3v) is 4.04. The molecule has 3 aromatic rings. The van der Waals surface area contributed by atoms with E-state index in [2.05, 4.69) is 0 Å². The summed E-state index contributed by atoms with van der Waals surface area (Å²) in [4.78, 5) is 24.2. The minimum Gasteiger partial charge on any atom is -0.505 e. The fourth-order valence-corrected chi connectivity index (χ4v) is 2.93. The van der Waals surface area contributed by atoms with E-state index in [-0.39, 0.29) is 28.5 Å². The topological polar surface area (TPSA) is 85.3 Å². The average molecular weight is 344 g/mol. The molecule has 0 aliphatic rings. The van der Waals surface area contributed by atoms with Gasteiger partial charge in [-0.25, -0.2) is 8.78 Å². The van der Waals surface area contributed by atoms with Crippen LogP contribution in [0, 0.1) is 18.6 Å². The minimum absolute atomic E-state index is 0.0546. The number of nitrogens with two attached hydrogens (primary N) is 1. The summed E-state index contributed by atoms with van der Waals surface area (Å²) in [6, 6.07) is 7.57. The number of benzene rings is 2. The molecule has 0 saturated carbocycles. The Hall–Kier alpha value is -3.22. The summed E-state index contributed by atoms with van der Waals surface area (Å²) in [5, 5.41) is 9.58. The largest absolute Gasteiger partial charge is 0.505 e. The number of carbonyl (C=O) groups excluding carboxylic acids is 2. The number of phenols is 1. The molecular formula is C18H14F2N2O3. The van der Waals surface area contributed by atoms with Crippen LogP contribution < -0.4 is 5.73 Å². The van der Waals surface area contributed by atoms with Gasteiger partial charge in [0.15, 0.2) is 11.6 Å². The molecule has 0 saturated heterocycles. The van der Waals surface area contributed by atoms with E-state index in [1.165, 1.54) is 35.8 Å². The van der Waals surface area contributed by atoms with Gasteiger partial charge in [-0.15, -0.1) is 0 Å². The molecular weight excluding hydrogens is 330 g/mol. The van der Waals surface area contributed by atoms with Gasteiger partial charge in [0.2, 0.25) is 5.91 Å². The first-order chi connectivity index (χ1) is 11.8. The zero-order valence-electron chi connectivity index (χ0n) is 13.2. The van der Waals surface area contributed by atoms with Gasteiger partial charge in [-0.1, -0.05) is 6.07 Å². The highest BCUT2D eigenvalue weighted by atomic mass is 19.1. The zero-order chi connectivity index (χ0) is 18.3. The Morgan fingerprint density at radius 2 is 1.92 bits per heavy atom. The second-order valence-corrected chi connectivity index (χ2v) is 5.65. The van der Waals surface area contributed by atoms with Crippen LogP contribution in [-0.4, -0.2) is 21.5 Å². The number of rotatable bonds is 3. The molecule has 3 N–H and O–H groups in total. The monoisotopic (exact) mass is 344 g/mol. The number of halogens is 2. The second kappa shape index (κ2) is 6.01. The van der Waals surface area contributed by atoms with E-state index in [0.717, 1.165) is 12.1 Å². The average Bonchev–Trinajstić information content (AvgIpc) is 2.82. The molecule has 2 aromatic carbocycles. The summed E-state index contributed by atoms with van der Waals surface area (Å²) < 4.78 is 29.1.